The molecule has 4 heteroatoms. The van der Waals surface area contributed by atoms with Gasteiger partial charge in [-0.3, -0.25) is 0 Å². The van der Waals surface area contributed by atoms with Gasteiger partial charge in [-0.2, -0.15) is 0 Å². The quantitative estimate of drug-likeness (QED) is 0.752. The molecule has 0 atom stereocenters. The van der Waals surface area contributed by atoms with Gasteiger partial charge >= 0.3 is 0 Å². The first kappa shape index (κ1) is 14.0. The van der Waals surface area contributed by atoms with Crippen LogP contribution in [0, 0.1) is 0 Å². The van der Waals surface area contributed by atoms with Crippen LogP contribution < -0.4 is 4.74 Å². The summed E-state index contributed by atoms with van der Waals surface area (Å²) in [5.74, 6) is -2.47. The van der Waals surface area contributed by atoms with Crippen molar-refractivity contribution in [3.63, 3.8) is 0 Å². The average molecular weight is 268 g/mol. The topological polar surface area (TPSA) is 26.3 Å². The van der Waals surface area contributed by atoms with Crippen molar-refractivity contribution >= 4 is 6.29 Å². The molecule has 0 saturated heterocycles. The molecule has 1 aliphatic rings. The van der Waals surface area contributed by atoms with Gasteiger partial charge in [-0.15, -0.1) is 0 Å². The number of ether oxygens (including phenoxy) is 1. The fourth-order valence-corrected chi connectivity index (χ4v) is 2.38. The van der Waals surface area contributed by atoms with Gasteiger partial charge in [-0.1, -0.05) is 6.42 Å². The van der Waals surface area contributed by atoms with Crippen LogP contribution in [0.15, 0.2) is 24.3 Å². The smallest absolute Gasteiger partial charge is 0.279 e. The van der Waals surface area contributed by atoms with E-state index in [2.05, 4.69) is 0 Å². The first-order valence-corrected chi connectivity index (χ1v) is 6.70. The SMILES string of the molecule is O=CCC(F)(F)c1ccc(OC2CCCCC2)cc1. The fraction of sp³-hybridized carbons (Fsp3) is 0.533. The zero-order chi connectivity index (χ0) is 13.7. The molecule has 1 saturated carbocycles. The Kier molecular flexibility index (Phi) is 4.51. The van der Waals surface area contributed by atoms with Crippen LogP contribution in [0.2, 0.25) is 0 Å². The van der Waals surface area contributed by atoms with Gasteiger partial charge in [0.25, 0.3) is 5.92 Å². The summed E-state index contributed by atoms with van der Waals surface area (Å²) in [6.45, 7) is 0. The van der Waals surface area contributed by atoms with Crippen molar-refractivity contribution in [2.24, 2.45) is 0 Å². The van der Waals surface area contributed by atoms with Gasteiger partial charge in [-0.25, -0.2) is 8.78 Å². The van der Waals surface area contributed by atoms with Crippen LogP contribution in [0.5, 0.6) is 5.75 Å². The summed E-state index contributed by atoms with van der Waals surface area (Å²) in [5.41, 5.74) is -0.143. The highest BCUT2D eigenvalue weighted by molar-refractivity contribution is 5.52. The molecule has 1 aliphatic carbocycles. The van der Waals surface area contributed by atoms with E-state index in [-0.39, 0.29) is 18.0 Å². The van der Waals surface area contributed by atoms with Crippen molar-refractivity contribution in [2.45, 2.75) is 50.6 Å². The summed E-state index contributed by atoms with van der Waals surface area (Å²) < 4.78 is 32.7. The van der Waals surface area contributed by atoms with Crippen molar-refractivity contribution in [3.05, 3.63) is 29.8 Å². The molecule has 1 aromatic rings. The molecular weight excluding hydrogens is 250 g/mol. The number of aldehydes is 1. The summed E-state index contributed by atoms with van der Waals surface area (Å²) in [6.07, 6.45) is 5.31. The maximum absolute atomic E-state index is 13.5. The Labute approximate surface area is 111 Å². The van der Waals surface area contributed by atoms with E-state index in [4.69, 9.17) is 4.74 Å². The zero-order valence-corrected chi connectivity index (χ0v) is 10.8. The predicted octanol–water partition coefficient (Wildman–Crippen LogP) is 4.08. The van der Waals surface area contributed by atoms with Crippen molar-refractivity contribution in [1.29, 1.82) is 0 Å². The van der Waals surface area contributed by atoms with Gasteiger partial charge in [0.15, 0.2) is 0 Å². The second-order valence-electron chi connectivity index (χ2n) is 4.98. The minimum absolute atomic E-state index is 0.143. The first-order chi connectivity index (χ1) is 9.12. The van der Waals surface area contributed by atoms with Crippen LogP contribution in [0.1, 0.15) is 44.1 Å². The summed E-state index contributed by atoms with van der Waals surface area (Å²) in [7, 11) is 0. The third-order valence-electron chi connectivity index (χ3n) is 3.47. The van der Waals surface area contributed by atoms with Gasteiger partial charge in [0.2, 0.25) is 0 Å². The van der Waals surface area contributed by atoms with Crippen LogP contribution in [-0.2, 0) is 10.7 Å². The molecule has 2 nitrogen and oxygen atoms in total. The first-order valence-electron chi connectivity index (χ1n) is 6.70. The Morgan fingerprint density at radius 1 is 1.16 bits per heavy atom. The van der Waals surface area contributed by atoms with Crippen molar-refractivity contribution < 1.29 is 18.3 Å². The third-order valence-corrected chi connectivity index (χ3v) is 3.47. The summed E-state index contributed by atoms with van der Waals surface area (Å²) in [6, 6.07) is 5.79. The van der Waals surface area contributed by atoms with E-state index in [0.717, 1.165) is 12.8 Å². The monoisotopic (exact) mass is 268 g/mol. The van der Waals surface area contributed by atoms with Gasteiger partial charge in [0, 0.05) is 5.56 Å². The number of carbonyl (C=O) groups is 1. The second-order valence-corrected chi connectivity index (χ2v) is 4.98. The average Bonchev–Trinajstić information content (AvgIpc) is 2.40. The van der Waals surface area contributed by atoms with Gasteiger partial charge in [0.1, 0.15) is 12.0 Å². The molecule has 104 valence electrons. The molecule has 0 radical (unpaired) electrons. The lowest BCUT2D eigenvalue weighted by Gasteiger charge is -2.23. The lowest BCUT2D eigenvalue weighted by Crippen LogP contribution is -2.19. The predicted molar refractivity (Wildman–Crippen MR) is 68.5 cm³/mol. The lowest BCUT2D eigenvalue weighted by molar-refractivity contribution is -0.115. The van der Waals surface area contributed by atoms with Crippen LogP contribution >= 0.6 is 0 Å². The standard InChI is InChI=1S/C15H18F2O2/c16-15(17,10-11-18)12-6-8-14(9-7-12)19-13-4-2-1-3-5-13/h6-9,11,13H,1-5,10H2. The second kappa shape index (κ2) is 6.13. The highest BCUT2D eigenvalue weighted by atomic mass is 19.3. The molecule has 0 aromatic heterocycles. The Bertz CT molecular complexity index is 409. The highest BCUT2D eigenvalue weighted by Crippen LogP contribution is 2.32. The van der Waals surface area contributed by atoms with Gasteiger partial charge in [-0.05, 0) is 49.9 Å². The zero-order valence-electron chi connectivity index (χ0n) is 10.8. The Balaban J connectivity index is 1.99. The molecule has 0 N–H and O–H groups in total. The maximum Gasteiger partial charge on any atom is 0.279 e. The highest BCUT2D eigenvalue weighted by Gasteiger charge is 2.30. The number of hydrogen-bond donors (Lipinski definition) is 0. The summed E-state index contributed by atoms with van der Waals surface area (Å²) >= 11 is 0. The molecule has 2 rings (SSSR count). The van der Waals surface area contributed by atoms with Crippen LogP contribution in [0.3, 0.4) is 0 Å². The summed E-state index contributed by atoms with van der Waals surface area (Å²) in [5, 5.41) is 0. The van der Waals surface area contributed by atoms with E-state index in [1.165, 1.54) is 31.4 Å². The molecule has 0 amide bonds. The van der Waals surface area contributed by atoms with E-state index in [9.17, 15) is 13.6 Å². The van der Waals surface area contributed by atoms with Crippen LogP contribution in [0.25, 0.3) is 0 Å². The van der Waals surface area contributed by atoms with E-state index in [1.54, 1.807) is 12.1 Å². The Hall–Kier alpha value is -1.45. The number of benzene rings is 1. The number of hydrogen-bond acceptors (Lipinski definition) is 2. The lowest BCUT2D eigenvalue weighted by atomic mass is 9.98. The number of carbonyl (C=O) groups excluding carboxylic acids is 1. The molecular formula is C15H18F2O2. The number of halogens is 2. The Morgan fingerprint density at radius 2 is 1.79 bits per heavy atom. The Morgan fingerprint density at radius 3 is 2.37 bits per heavy atom. The minimum atomic E-state index is -3.09. The molecule has 0 heterocycles. The number of rotatable bonds is 5. The maximum atomic E-state index is 13.5. The van der Waals surface area contributed by atoms with Crippen molar-refractivity contribution in [3.8, 4) is 5.75 Å². The summed E-state index contributed by atoms with van der Waals surface area (Å²) in [4.78, 5) is 10.2. The molecule has 0 aliphatic heterocycles. The minimum Gasteiger partial charge on any atom is -0.490 e. The van der Waals surface area contributed by atoms with E-state index in [0.29, 0.717) is 5.75 Å². The number of alkyl halides is 2. The molecule has 1 fully saturated rings. The van der Waals surface area contributed by atoms with E-state index in [1.807, 2.05) is 0 Å². The fourth-order valence-electron chi connectivity index (χ4n) is 2.38. The largest absolute Gasteiger partial charge is 0.490 e. The van der Waals surface area contributed by atoms with Gasteiger partial charge < -0.3 is 9.53 Å². The normalized spacial score (nSPS) is 17.2. The van der Waals surface area contributed by atoms with E-state index < -0.39 is 12.3 Å². The van der Waals surface area contributed by atoms with Crippen LogP contribution in [0.4, 0.5) is 8.78 Å². The van der Waals surface area contributed by atoms with E-state index >= 15 is 0 Å². The molecule has 0 bridgehead atoms. The molecule has 0 unspecified atom stereocenters. The molecule has 1 aromatic carbocycles. The molecule has 19 heavy (non-hydrogen) atoms. The molecule has 0 spiro atoms. The van der Waals surface area contributed by atoms with Gasteiger partial charge in [0.05, 0.1) is 12.5 Å². The third kappa shape index (κ3) is 3.75. The van der Waals surface area contributed by atoms with Crippen molar-refractivity contribution in [1.82, 2.24) is 0 Å². The van der Waals surface area contributed by atoms with Crippen LogP contribution in [-0.4, -0.2) is 12.4 Å². The van der Waals surface area contributed by atoms with Crippen molar-refractivity contribution in [2.75, 3.05) is 0 Å².